The zero-order chi connectivity index (χ0) is 12.8. The molecule has 2 bridgehead atoms. The molecule has 0 radical (unpaired) electrons. The number of amides is 1. The van der Waals surface area contributed by atoms with Crippen LogP contribution in [0.2, 0.25) is 0 Å². The Bertz CT molecular complexity index is 357. The van der Waals surface area contributed by atoms with Crippen molar-refractivity contribution in [3.8, 4) is 0 Å². The Morgan fingerprint density at radius 1 is 1.35 bits per heavy atom. The maximum atomic E-state index is 12.6. The van der Waals surface area contributed by atoms with Crippen LogP contribution in [-0.4, -0.2) is 29.7 Å². The Morgan fingerprint density at radius 3 is 2.35 bits per heavy atom. The number of fused-ring (bicyclic) bond motifs is 2. The summed E-state index contributed by atoms with van der Waals surface area (Å²) in [5.74, 6) is 0.688. The van der Waals surface area contributed by atoms with Gasteiger partial charge in [0.15, 0.2) is 5.78 Å². The van der Waals surface area contributed by atoms with Gasteiger partial charge in [-0.15, -0.1) is 0 Å². The summed E-state index contributed by atoms with van der Waals surface area (Å²) < 4.78 is 0. The highest BCUT2D eigenvalue weighted by atomic mass is 16.2. The van der Waals surface area contributed by atoms with Crippen LogP contribution in [-0.2, 0) is 9.59 Å². The zero-order valence-electron chi connectivity index (χ0n) is 11.4. The normalized spacial score (nSPS) is 34.1. The average molecular weight is 237 g/mol. The second kappa shape index (κ2) is 3.82. The average Bonchev–Trinajstić information content (AvgIpc) is 2.81. The van der Waals surface area contributed by atoms with Crippen LogP contribution >= 0.6 is 0 Å². The fourth-order valence-corrected chi connectivity index (χ4v) is 3.77. The molecule has 2 saturated carbocycles. The van der Waals surface area contributed by atoms with Crippen molar-refractivity contribution in [2.45, 2.75) is 47.0 Å². The Labute approximate surface area is 104 Å². The molecule has 0 aliphatic heterocycles. The van der Waals surface area contributed by atoms with Crippen LogP contribution in [0, 0.1) is 16.7 Å². The minimum absolute atomic E-state index is 0.0839. The van der Waals surface area contributed by atoms with Crippen LogP contribution in [0.3, 0.4) is 0 Å². The summed E-state index contributed by atoms with van der Waals surface area (Å²) in [6.07, 6.45) is 2.59. The van der Waals surface area contributed by atoms with Gasteiger partial charge in [-0.25, -0.2) is 0 Å². The van der Waals surface area contributed by atoms with E-state index >= 15 is 0 Å². The van der Waals surface area contributed by atoms with E-state index in [0.717, 1.165) is 19.3 Å². The van der Waals surface area contributed by atoms with Gasteiger partial charge in [0.25, 0.3) is 0 Å². The molecular weight excluding hydrogens is 214 g/mol. The van der Waals surface area contributed by atoms with Crippen LogP contribution in [0.5, 0.6) is 0 Å². The molecule has 96 valence electrons. The van der Waals surface area contributed by atoms with Crippen molar-refractivity contribution in [2.24, 2.45) is 16.7 Å². The lowest BCUT2D eigenvalue weighted by Crippen LogP contribution is -2.49. The number of rotatable bonds is 3. The minimum atomic E-state index is -0.666. The lowest BCUT2D eigenvalue weighted by molar-refractivity contribution is -0.151. The van der Waals surface area contributed by atoms with Gasteiger partial charge >= 0.3 is 0 Å². The molecule has 3 heteroatoms. The molecule has 2 aliphatic rings. The van der Waals surface area contributed by atoms with E-state index < -0.39 is 5.41 Å². The fourth-order valence-electron chi connectivity index (χ4n) is 3.77. The molecule has 0 unspecified atom stereocenters. The van der Waals surface area contributed by atoms with Gasteiger partial charge in [0, 0.05) is 18.5 Å². The van der Waals surface area contributed by atoms with E-state index in [0.29, 0.717) is 19.0 Å². The molecule has 0 spiro atoms. The van der Waals surface area contributed by atoms with Crippen LogP contribution in [0.4, 0.5) is 0 Å². The Kier molecular flexibility index (Phi) is 2.83. The summed E-state index contributed by atoms with van der Waals surface area (Å²) in [5.41, 5.74) is -0.957. The first-order chi connectivity index (χ1) is 7.90. The van der Waals surface area contributed by atoms with E-state index in [1.54, 1.807) is 0 Å². The number of carbonyl (C=O) groups excluding carboxylic acids is 2. The van der Waals surface area contributed by atoms with Crippen molar-refractivity contribution in [2.75, 3.05) is 13.1 Å². The van der Waals surface area contributed by atoms with E-state index in [-0.39, 0.29) is 17.1 Å². The van der Waals surface area contributed by atoms with Crippen LogP contribution in [0.1, 0.15) is 47.0 Å². The number of hydrogen-bond acceptors (Lipinski definition) is 2. The molecule has 0 heterocycles. The Morgan fingerprint density at radius 2 is 1.94 bits per heavy atom. The standard InChI is InChI=1S/C14H23NO2/c1-5-15(6-2)12(17)14-8-7-10(9-14)13(3,4)11(14)16/h10H,5-9H2,1-4H3/t10-,14-/m1/s1. The van der Waals surface area contributed by atoms with E-state index in [2.05, 4.69) is 0 Å². The van der Waals surface area contributed by atoms with Gasteiger partial charge in [-0.2, -0.15) is 0 Å². The maximum Gasteiger partial charge on any atom is 0.236 e. The monoisotopic (exact) mass is 237 g/mol. The molecular formula is C14H23NO2. The first-order valence-corrected chi connectivity index (χ1v) is 6.74. The van der Waals surface area contributed by atoms with Crippen molar-refractivity contribution >= 4 is 11.7 Å². The predicted octanol–water partition coefficient (Wildman–Crippen LogP) is 2.25. The molecule has 0 saturated heterocycles. The van der Waals surface area contributed by atoms with Crippen LogP contribution in [0.15, 0.2) is 0 Å². The summed E-state index contributed by atoms with van der Waals surface area (Å²) >= 11 is 0. The van der Waals surface area contributed by atoms with E-state index in [1.165, 1.54) is 0 Å². The molecule has 2 rings (SSSR count). The van der Waals surface area contributed by atoms with Gasteiger partial charge in [0.05, 0.1) is 0 Å². The highest BCUT2D eigenvalue weighted by Gasteiger charge is 2.65. The van der Waals surface area contributed by atoms with E-state index in [4.69, 9.17) is 0 Å². The second-order valence-electron chi connectivity index (χ2n) is 6.05. The van der Waals surface area contributed by atoms with Gasteiger partial charge in [-0.05, 0) is 39.0 Å². The summed E-state index contributed by atoms with van der Waals surface area (Å²) in [4.78, 5) is 27.0. The van der Waals surface area contributed by atoms with Crippen molar-refractivity contribution in [3.05, 3.63) is 0 Å². The smallest absolute Gasteiger partial charge is 0.236 e. The number of hydrogen-bond donors (Lipinski definition) is 0. The molecule has 2 fully saturated rings. The lowest BCUT2D eigenvalue weighted by Gasteiger charge is -2.35. The quantitative estimate of drug-likeness (QED) is 0.706. The number of carbonyl (C=O) groups is 2. The number of Topliss-reactive ketones (excluding diaryl/α,β-unsaturated/α-hetero) is 1. The highest BCUT2D eigenvalue weighted by molar-refractivity contribution is 6.10. The topological polar surface area (TPSA) is 37.4 Å². The molecule has 0 aromatic carbocycles. The minimum Gasteiger partial charge on any atom is -0.342 e. The third-order valence-electron chi connectivity index (χ3n) is 5.01. The van der Waals surface area contributed by atoms with Crippen LogP contribution in [0.25, 0.3) is 0 Å². The molecule has 2 atom stereocenters. The predicted molar refractivity (Wildman–Crippen MR) is 66.5 cm³/mol. The van der Waals surface area contributed by atoms with Crippen LogP contribution < -0.4 is 0 Å². The van der Waals surface area contributed by atoms with Gasteiger partial charge < -0.3 is 4.90 Å². The summed E-state index contributed by atoms with van der Waals surface area (Å²) in [7, 11) is 0. The van der Waals surface area contributed by atoms with Crippen molar-refractivity contribution in [1.82, 2.24) is 4.90 Å². The Balaban J connectivity index is 2.32. The molecule has 3 nitrogen and oxygen atoms in total. The van der Waals surface area contributed by atoms with E-state index in [1.807, 2.05) is 32.6 Å². The fraction of sp³-hybridized carbons (Fsp3) is 0.857. The highest BCUT2D eigenvalue weighted by Crippen LogP contribution is 2.60. The third-order valence-corrected chi connectivity index (χ3v) is 5.01. The lowest BCUT2D eigenvalue weighted by atomic mass is 9.70. The van der Waals surface area contributed by atoms with E-state index in [9.17, 15) is 9.59 Å². The SMILES string of the molecule is CCN(CC)C(=O)[C@]12CC[C@H](C1)C(C)(C)C2=O. The summed E-state index contributed by atoms with van der Waals surface area (Å²) in [6.45, 7) is 9.39. The van der Waals surface area contributed by atoms with Gasteiger partial charge in [0.1, 0.15) is 5.41 Å². The molecule has 0 N–H and O–H groups in total. The summed E-state index contributed by atoms with van der Waals surface area (Å²) in [6, 6.07) is 0. The van der Waals surface area contributed by atoms with Crippen molar-refractivity contribution < 1.29 is 9.59 Å². The zero-order valence-corrected chi connectivity index (χ0v) is 11.4. The van der Waals surface area contributed by atoms with Gasteiger partial charge in [-0.3, -0.25) is 9.59 Å². The van der Waals surface area contributed by atoms with Gasteiger partial charge in [0.2, 0.25) is 5.91 Å². The Hall–Kier alpha value is -0.860. The molecule has 2 aliphatic carbocycles. The van der Waals surface area contributed by atoms with Crippen molar-refractivity contribution in [1.29, 1.82) is 0 Å². The second-order valence-corrected chi connectivity index (χ2v) is 6.05. The first-order valence-electron chi connectivity index (χ1n) is 6.74. The third kappa shape index (κ3) is 1.47. The molecule has 1 amide bonds. The van der Waals surface area contributed by atoms with Gasteiger partial charge in [-0.1, -0.05) is 13.8 Å². The molecule has 0 aromatic heterocycles. The summed E-state index contributed by atoms with van der Waals surface area (Å²) in [5, 5.41) is 0. The number of nitrogens with zero attached hydrogens (tertiary/aromatic N) is 1. The first kappa shape index (κ1) is 12.6. The van der Waals surface area contributed by atoms with Crippen molar-refractivity contribution in [3.63, 3.8) is 0 Å². The molecule has 17 heavy (non-hydrogen) atoms. The maximum absolute atomic E-state index is 12.6. The number of ketones is 1. The molecule has 0 aromatic rings. The largest absolute Gasteiger partial charge is 0.342 e.